The number of ether oxygens (including phenoxy) is 2. The highest BCUT2D eigenvalue weighted by Gasteiger charge is 2.30. The lowest BCUT2D eigenvalue weighted by Crippen LogP contribution is -2.44. The fourth-order valence-corrected chi connectivity index (χ4v) is 4.49. The van der Waals surface area contributed by atoms with Crippen molar-refractivity contribution in [2.45, 2.75) is 32.4 Å². The molecule has 0 saturated carbocycles. The fourth-order valence-electron chi connectivity index (χ4n) is 4.49. The minimum atomic E-state index is -0.710. The van der Waals surface area contributed by atoms with E-state index in [2.05, 4.69) is 15.2 Å². The number of benzene rings is 3. The van der Waals surface area contributed by atoms with Crippen LogP contribution in [0.25, 0.3) is 11.1 Å². The van der Waals surface area contributed by atoms with Crippen LogP contribution < -0.4 is 10.1 Å². The molecule has 8 heteroatoms. The maximum absolute atomic E-state index is 13.4. The SMILES string of the molecule is COC(=O)c1ccc(OC(C(=O)Cc2ccc3oc(Nc4ccccc4C)nc3c2)N2CCCC2)cc1. The van der Waals surface area contributed by atoms with Gasteiger partial charge in [-0.05, 0) is 73.4 Å². The van der Waals surface area contributed by atoms with Gasteiger partial charge >= 0.3 is 5.97 Å². The van der Waals surface area contributed by atoms with E-state index in [4.69, 9.17) is 13.9 Å². The molecule has 1 N–H and O–H groups in total. The average molecular weight is 500 g/mol. The molecule has 1 aromatic heterocycles. The van der Waals surface area contributed by atoms with Crippen LogP contribution in [0.5, 0.6) is 5.75 Å². The van der Waals surface area contributed by atoms with Gasteiger partial charge in [0, 0.05) is 25.2 Å². The molecule has 1 atom stereocenters. The average Bonchev–Trinajstić information content (AvgIpc) is 3.58. The number of oxazole rings is 1. The van der Waals surface area contributed by atoms with Crippen molar-refractivity contribution in [3.05, 3.63) is 83.4 Å². The monoisotopic (exact) mass is 499 g/mol. The molecule has 0 spiro atoms. The standard InChI is InChI=1S/C29H29N3O5/c1-19-7-3-4-8-23(19)30-29-31-24-17-20(9-14-26(24)37-29)18-25(33)27(32-15-5-6-16-32)36-22-12-10-21(11-13-22)28(34)35-2/h3-4,7-14,17,27H,5-6,15-16,18H2,1-2H3,(H,30,31). The molecule has 1 saturated heterocycles. The lowest BCUT2D eigenvalue weighted by atomic mass is 10.1. The van der Waals surface area contributed by atoms with Gasteiger partial charge in [-0.1, -0.05) is 24.3 Å². The molecule has 0 radical (unpaired) electrons. The van der Waals surface area contributed by atoms with E-state index < -0.39 is 12.2 Å². The summed E-state index contributed by atoms with van der Waals surface area (Å²) in [7, 11) is 1.34. The Hall–Kier alpha value is -4.17. The van der Waals surface area contributed by atoms with Crippen molar-refractivity contribution in [3.8, 4) is 5.75 Å². The van der Waals surface area contributed by atoms with Gasteiger partial charge in [0.2, 0.25) is 6.23 Å². The molecule has 0 amide bonds. The van der Waals surface area contributed by atoms with Crippen LogP contribution in [0.4, 0.5) is 11.7 Å². The minimum absolute atomic E-state index is 0.0416. The summed E-state index contributed by atoms with van der Waals surface area (Å²) >= 11 is 0. The summed E-state index contributed by atoms with van der Waals surface area (Å²) in [6, 6.07) is 20.6. The number of methoxy groups -OCH3 is 1. The fraction of sp³-hybridized carbons (Fsp3) is 0.276. The van der Waals surface area contributed by atoms with E-state index in [0.717, 1.165) is 42.7 Å². The van der Waals surface area contributed by atoms with Crippen LogP contribution in [0.15, 0.2) is 71.1 Å². The summed E-state index contributed by atoms with van der Waals surface area (Å²) in [6.07, 6.45) is 1.54. The minimum Gasteiger partial charge on any atom is -0.468 e. The molecule has 5 rings (SSSR count). The van der Waals surface area contributed by atoms with Gasteiger partial charge in [0.25, 0.3) is 6.01 Å². The van der Waals surface area contributed by atoms with Crippen molar-refractivity contribution in [3.63, 3.8) is 0 Å². The number of anilines is 2. The molecule has 1 fully saturated rings. The molecule has 1 aliphatic heterocycles. The first-order valence-electron chi connectivity index (χ1n) is 12.3. The van der Waals surface area contributed by atoms with Gasteiger partial charge < -0.3 is 19.2 Å². The third kappa shape index (κ3) is 5.65. The summed E-state index contributed by atoms with van der Waals surface area (Å²) < 4.78 is 16.8. The van der Waals surface area contributed by atoms with Gasteiger partial charge in [-0.2, -0.15) is 4.98 Å². The second-order valence-corrected chi connectivity index (χ2v) is 9.13. The van der Waals surface area contributed by atoms with Crippen LogP contribution in [-0.4, -0.2) is 48.1 Å². The summed E-state index contributed by atoms with van der Waals surface area (Å²) in [5.74, 6) is 0.0658. The number of rotatable bonds is 9. The van der Waals surface area contributed by atoms with Gasteiger partial charge in [0.05, 0.1) is 12.7 Å². The van der Waals surface area contributed by atoms with E-state index in [9.17, 15) is 9.59 Å². The Morgan fingerprint density at radius 1 is 1.05 bits per heavy atom. The summed E-state index contributed by atoms with van der Waals surface area (Å²) in [6.45, 7) is 3.61. The second-order valence-electron chi connectivity index (χ2n) is 9.13. The number of aromatic nitrogens is 1. The first kappa shape index (κ1) is 24.5. The van der Waals surface area contributed by atoms with Crippen molar-refractivity contribution in [2.24, 2.45) is 0 Å². The number of para-hydroxylation sites is 1. The number of ketones is 1. The molecule has 37 heavy (non-hydrogen) atoms. The van der Waals surface area contributed by atoms with Gasteiger partial charge in [0.1, 0.15) is 11.3 Å². The second kappa shape index (κ2) is 10.8. The third-order valence-corrected chi connectivity index (χ3v) is 6.49. The Morgan fingerprint density at radius 2 is 1.81 bits per heavy atom. The number of esters is 1. The highest BCUT2D eigenvalue weighted by molar-refractivity contribution is 5.89. The number of hydrogen-bond donors (Lipinski definition) is 1. The van der Waals surface area contributed by atoms with E-state index in [-0.39, 0.29) is 12.2 Å². The van der Waals surface area contributed by atoms with Crippen molar-refractivity contribution in [1.29, 1.82) is 0 Å². The Bertz CT molecular complexity index is 1410. The van der Waals surface area contributed by atoms with E-state index in [1.54, 1.807) is 24.3 Å². The smallest absolute Gasteiger partial charge is 0.337 e. The molecule has 190 valence electrons. The van der Waals surface area contributed by atoms with E-state index in [1.165, 1.54) is 7.11 Å². The number of hydrogen-bond acceptors (Lipinski definition) is 8. The number of carbonyl (C=O) groups excluding carboxylic acids is 2. The molecule has 8 nitrogen and oxygen atoms in total. The summed E-state index contributed by atoms with van der Waals surface area (Å²) in [5, 5.41) is 3.22. The molecule has 1 unspecified atom stereocenters. The molecule has 0 aliphatic carbocycles. The van der Waals surface area contributed by atoms with Crippen LogP contribution >= 0.6 is 0 Å². The number of likely N-dealkylation sites (tertiary alicyclic amines) is 1. The predicted molar refractivity (Wildman–Crippen MR) is 140 cm³/mol. The Labute approximate surface area is 215 Å². The maximum Gasteiger partial charge on any atom is 0.337 e. The Morgan fingerprint density at radius 3 is 2.54 bits per heavy atom. The van der Waals surface area contributed by atoms with Crippen LogP contribution in [0, 0.1) is 6.92 Å². The zero-order valence-corrected chi connectivity index (χ0v) is 20.9. The van der Waals surface area contributed by atoms with Crippen LogP contribution in [0.3, 0.4) is 0 Å². The van der Waals surface area contributed by atoms with Crippen molar-refractivity contribution in [1.82, 2.24) is 9.88 Å². The quantitative estimate of drug-likeness (QED) is 0.311. The lowest BCUT2D eigenvalue weighted by molar-refractivity contribution is -0.132. The Balaban J connectivity index is 1.31. The number of nitrogens with zero attached hydrogens (tertiary/aromatic N) is 2. The molecular weight excluding hydrogens is 470 g/mol. The molecule has 1 aliphatic rings. The normalized spacial score (nSPS) is 14.4. The molecule has 0 bridgehead atoms. The molecule has 3 aromatic carbocycles. The predicted octanol–water partition coefficient (Wildman–Crippen LogP) is 5.28. The number of nitrogens with one attached hydrogen (secondary N) is 1. The van der Waals surface area contributed by atoms with E-state index in [0.29, 0.717) is 28.4 Å². The zero-order chi connectivity index (χ0) is 25.8. The van der Waals surface area contributed by atoms with Crippen molar-refractivity contribution in [2.75, 3.05) is 25.5 Å². The largest absolute Gasteiger partial charge is 0.468 e. The van der Waals surface area contributed by atoms with Gasteiger partial charge in [-0.25, -0.2) is 4.79 Å². The Kier molecular flexibility index (Phi) is 7.18. The lowest BCUT2D eigenvalue weighted by Gasteiger charge is -2.27. The van der Waals surface area contributed by atoms with E-state index >= 15 is 0 Å². The highest BCUT2D eigenvalue weighted by Crippen LogP contribution is 2.26. The van der Waals surface area contributed by atoms with Gasteiger partial charge in [-0.15, -0.1) is 0 Å². The first-order valence-corrected chi connectivity index (χ1v) is 12.3. The molecular formula is C29H29N3O5. The van der Waals surface area contributed by atoms with Crippen LogP contribution in [0.1, 0.15) is 34.3 Å². The number of Topliss-reactive ketones (excluding diaryl/α,β-unsaturated/α-hetero) is 1. The maximum atomic E-state index is 13.4. The first-order chi connectivity index (χ1) is 18.0. The van der Waals surface area contributed by atoms with Gasteiger partial charge in [0.15, 0.2) is 11.4 Å². The summed E-state index contributed by atoms with van der Waals surface area (Å²) in [5.41, 5.74) is 4.60. The van der Waals surface area contributed by atoms with Crippen LogP contribution in [-0.2, 0) is 16.0 Å². The highest BCUT2D eigenvalue weighted by atomic mass is 16.5. The summed E-state index contributed by atoms with van der Waals surface area (Å²) in [4.78, 5) is 31.8. The van der Waals surface area contributed by atoms with Crippen molar-refractivity contribution >= 4 is 34.6 Å². The molecule has 2 heterocycles. The van der Waals surface area contributed by atoms with E-state index in [1.807, 2.05) is 49.4 Å². The zero-order valence-electron chi connectivity index (χ0n) is 20.9. The van der Waals surface area contributed by atoms with Gasteiger partial charge in [-0.3, -0.25) is 9.69 Å². The number of aryl methyl sites for hydroxylation is 1. The van der Waals surface area contributed by atoms with Crippen molar-refractivity contribution < 1.29 is 23.5 Å². The topological polar surface area (TPSA) is 93.9 Å². The number of carbonyl (C=O) groups is 2. The van der Waals surface area contributed by atoms with Crippen LogP contribution in [0.2, 0.25) is 0 Å². The third-order valence-electron chi connectivity index (χ3n) is 6.49. The molecule has 4 aromatic rings. The number of fused-ring (bicyclic) bond motifs is 1.